The van der Waals surface area contributed by atoms with Crippen molar-refractivity contribution in [2.75, 3.05) is 20.2 Å². The van der Waals surface area contributed by atoms with Crippen molar-refractivity contribution in [3.8, 4) is 5.75 Å². The van der Waals surface area contributed by atoms with Gasteiger partial charge in [0.25, 0.3) is 5.91 Å². The van der Waals surface area contributed by atoms with Gasteiger partial charge in [0.2, 0.25) is 5.91 Å². The Kier molecular flexibility index (Phi) is 7.63. The number of amides is 2. The summed E-state index contributed by atoms with van der Waals surface area (Å²) in [7, 11) is 1.67. The van der Waals surface area contributed by atoms with Crippen molar-refractivity contribution in [1.29, 1.82) is 0 Å². The van der Waals surface area contributed by atoms with Crippen LogP contribution in [0.15, 0.2) is 36.5 Å². The molecule has 1 aliphatic heterocycles. The van der Waals surface area contributed by atoms with Gasteiger partial charge in [-0.05, 0) is 68.4 Å². The lowest BCUT2D eigenvalue weighted by Gasteiger charge is -2.32. The number of nitrogens with zero attached hydrogens (tertiary/aromatic N) is 2. The maximum atomic E-state index is 12.9. The minimum atomic E-state index is -0.0323. The first-order valence-corrected chi connectivity index (χ1v) is 12.2. The third-order valence-corrected chi connectivity index (χ3v) is 7.02. The molecule has 1 aromatic carbocycles. The smallest absolute Gasteiger partial charge is 0.253 e. The quantitative estimate of drug-likeness (QED) is 0.680. The van der Waals surface area contributed by atoms with Crippen molar-refractivity contribution < 1.29 is 14.3 Å². The van der Waals surface area contributed by atoms with Crippen LogP contribution in [0.25, 0.3) is 0 Å². The van der Waals surface area contributed by atoms with Gasteiger partial charge in [0.1, 0.15) is 5.75 Å². The number of nitrogens with one attached hydrogen (secondary N) is 1. The molecule has 33 heavy (non-hydrogen) atoms. The van der Waals surface area contributed by atoms with Gasteiger partial charge < -0.3 is 15.0 Å². The summed E-state index contributed by atoms with van der Waals surface area (Å²) in [6.45, 7) is 3.52. The fourth-order valence-electron chi connectivity index (χ4n) is 5.07. The molecule has 0 radical (unpaired) electrons. The van der Waals surface area contributed by atoms with E-state index in [1.807, 2.05) is 36.1 Å². The lowest BCUT2D eigenvalue weighted by Crippen LogP contribution is -2.39. The Labute approximate surface area is 196 Å². The lowest BCUT2D eigenvalue weighted by molar-refractivity contribution is -0.132. The van der Waals surface area contributed by atoms with Gasteiger partial charge in [-0.25, -0.2) is 0 Å². The molecule has 1 aromatic heterocycles. The number of hydrogen-bond donors (Lipinski definition) is 1. The highest BCUT2D eigenvalue weighted by atomic mass is 16.5. The van der Waals surface area contributed by atoms with Gasteiger partial charge >= 0.3 is 0 Å². The van der Waals surface area contributed by atoms with Gasteiger partial charge in [-0.1, -0.05) is 25.0 Å². The van der Waals surface area contributed by atoms with E-state index in [1.54, 1.807) is 13.3 Å². The first kappa shape index (κ1) is 23.3. The summed E-state index contributed by atoms with van der Waals surface area (Å²) in [5.41, 5.74) is 3.83. The van der Waals surface area contributed by atoms with Crippen LogP contribution in [0.1, 0.15) is 78.0 Å². The molecule has 4 rings (SSSR count). The van der Waals surface area contributed by atoms with Crippen LogP contribution in [-0.4, -0.2) is 47.9 Å². The second-order valence-corrected chi connectivity index (χ2v) is 9.41. The summed E-state index contributed by atoms with van der Waals surface area (Å²) >= 11 is 0. The van der Waals surface area contributed by atoms with E-state index < -0.39 is 0 Å². The Morgan fingerprint density at radius 2 is 1.94 bits per heavy atom. The largest absolute Gasteiger partial charge is 0.496 e. The number of piperidine rings is 1. The fourth-order valence-corrected chi connectivity index (χ4v) is 5.07. The van der Waals surface area contributed by atoms with Crippen LogP contribution in [0.2, 0.25) is 0 Å². The number of hydrogen-bond acceptors (Lipinski definition) is 4. The Bertz CT molecular complexity index is 967. The Hall–Kier alpha value is -2.89. The number of methoxy groups -OCH3 is 1. The summed E-state index contributed by atoms with van der Waals surface area (Å²) in [6, 6.07) is 10.2. The minimum absolute atomic E-state index is 0.0323. The second-order valence-electron chi connectivity index (χ2n) is 9.41. The number of pyridine rings is 1. The predicted octanol–water partition coefficient (Wildman–Crippen LogP) is 4.41. The van der Waals surface area contributed by atoms with Gasteiger partial charge in [0.15, 0.2) is 0 Å². The van der Waals surface area contributed by atoms with E-state index in [9.17, 15) is 9.59 Å². The van der Waals surface area contributed by atoms with Gasteiger partial charge in [0.05, 0.1) is 12.7 Å². The van der Waals surface area contributed by atoms with E-state index in [-0.39, 0.29) is 17.7 Å². The van der Waals surface area contributed by atoms with E-state index >= 15 is 0 Å². The highest BCUT2D eigenvalue weighted by Crippen LogP contribution is 2.27. The molecule has 0 unspecified atom stereocenters. The number of carbonyl (C=O) groups excluding carboxylic acids is 2. The number of ether oxygens (including phenoxy) is 1. The molecule has 0 bridgehead atoms. The average molecular weight is 450 g/mol. The van der Waals surface area contributed by atoms with Crippen molar-refractivity contribution >= 4 is 11.8 Å². The molecule has 1 aliphatic carbocycles. The Balaban J connectivity index is 1.30. The summed E-state index contributed by atoms with van der Waals surface area (Å²) in [5.74, 6) is 1.26. The summed E-state index contributed by atoms with van der Waals surface area (Å²) in [6.07, 6.45) is 9.44. The zero-order valence-corrected chi connectivity index (χ0v) is 19.8. The third kappa shape index (κ3) is 5.92. The number of rotatable bonds is 7. The van der Waals surface area contributed by atoms with Crippen LogP contribution in [-0.2, 0) is 11.2 Å². The van der Waals surface area contributed by atoms with Gasteiger partial charge in [-0.3, -0.25) is 14.6 Å². The van der Waals surface area contributed by atoms with Gasteiger partial charge in [0, 0.05) is 43.4 Å². The van der Waals surface area contributed by atoms with Crippen LogP contribution in [0.4, 0.5) is 0 Å². The standard InChI is InChI=1S/C27H35N3O3/c1-19-16-20(9-13-25(19)33-2)10-14-26(31)30-15-5-6-22(18-30)24-12-11-21(17-28-24)27(32)29-23-7-3-4-8-23/h9,11-13,16-17,22-23H,3-8,10,14-15,18H2,1-2H3,(H,29,32)/t22-/m1/s1. The molecule has 1 saturated carbocycles. The second kappa shape index (κ2) is 10.8. The van der Waals surface area contributed by atoms with Gasteiger partial charge in [-0.2, -0.15) is 0 Å². The molecule has 2 aliphatic rings. The molecule has 1 saturated heterocycles. The molecule has 0 spiro atoms. The molecule has 2 amide bonds. The van der Waals surface area contributed by atoms with Crippen molar-refractivity contribution in [2.45, 2.75) is 70.3 Å². The van der Waals surface area contributed by atoms with E-state index in [0.29, 0.717) is 24.6 Å². The first-order valence-electron chi connectivity index (χ1n) is 12.2. The summed E-state index contributed by atoms with van der Waals surface area (Å²) in [4.78, 5) is 31.9. The highest BCUT2D eigenvalue weighted by molar-refractivity contribution is 5.94. The molecule has 6 nitrogen and oxygen atoms in total. The molecular weight excluding hydrogens is 414 g/mol. The van der Waals surface area contributed by atoms with Crippen molar-refractivity contribution in [3.05, 3.63) is 58.9 Å². The van der Waals surface area contributed by atoms with Crippen LogP contribution in [0, 0.1) is 6.92 Å². The molecule has 6 heteroatoms. The normalized spacial score (nSPS) is 18.8. The van der Waals surface area contributed by atoms with Crippen molar-refractivity contribution in [2.24, 2.45) is 0 Å². The van der Waals surface area contributed by atoms with Crippen LogP contribution in [0.5, 0.6) is 5.75 Å². The molecule has 2 heterocycles. The number of carbonyl (C=O) groups is 2. The third-order valence-electron chi connectivity index (χ3n) is 7.02. The molecule has 2 aromatic rings. The van der Waals surface area contributed by atoms with Crippen molar-refractivity contribution in [3.63, 3.8) is 0 Å². The Morgan fingerprint density at radius 3 is 2.64 bits per heavy atom. The van der Waals surface area contributed by atoms with E-state index in [0.717, 1.165) is 61.2 Å². The van der Waals surface area contributed by atoms with E-state index in [2.05, 4.69) is 16.4 Å². The molecule has 176 valence electrons. The number of aromatic nitrogens is 1. The predicted molar refractivity (Wildman–Crippen MR) is 129 cm³/mol. The first-order chi connectivity index (χ1) is 16.0. The molecule has 1 atom stereocenters. The monoisotopic (exact) mass is 449 g/mol. The highest BCUT2D eigenvalue weighted by Gasteiger charge is 2.26. The maximum absolute atomic E-state index is 12.9. The van der Waals surface area contributed by atoms with E-state index in [1.165, 1.54) is 12.8 Å². The molecule has 2 fully saturated rings. The zero-order valence-electron chi connectivity index (χ0n) is 19.8. The number of aryl methyl sites for hydroxylation is 2. The molecule has 1 N–H and O–H groups in total. The fraction of sp³-hybridized carbons (Fsp3) is 0.519. The molecular formula is C27H35N3O3. The number of likely N-dealkylation sites (tertiary alicyclic amines) is 1. The summed E-state index contributed by atoms with van der Waals surface area (Å²) < 4.78 is 5.32. The van der Waals surface area contributed by atoms with Crippen LogP contribution >= 0.6 is 0 Å². The van der Waals surface area contributed by atoms with E-state index in [4.69, 9.17) is 4.74 Å². The van der Waals surface area contributed by atoms with Crippen LogP contribution < -0.4 is 10.1 Å². The van der Waals surface area contributed by atoms with Crippen molar-refractivity contribution in [1.82, 2.24) is 15.2 Å². The minimum Gasteiger partial charge on any atom is -0.496 e. The topological polar surface area (TPSA) is 71.5 Å². The maximum Gasteiger partial charge on any atom is 0.253 e. The number of benzene rings is 1. The van der Waals surface area contributed by atoms with Gasteiger partial charge in [-0.15, -0.1) is 0 Å². The summed E-state index contributed by atoms with van der Waals surface area (Å²) in [5, 5.41) is 3.11. The van der Waals surface area contributed by atoms with Crippen LogP contribution in [0.3, 0.4) is 0 Å². The lowest BCUT2D eigenvalue weighted by atomic mass is 9.93. The average Bonchev–Trinajstić information content (AvgIpc) is 3.36. The Morgan fingerprint density at radius 1 is 1.12 bits per heavy atom. The SMILES string of the molecule is COc1ccc(CCC(=O)N2CCC[C@@H](c3ccc(C(=O)NC4CCCC4)cn3)C2)cc1C. The zero-order chi connectivity index (χ0) is 23.2.